The van der Waals surface area contributed by atoms with Crippen molar-refractivity contribution in [2.45, 2.75) is 51.1 Å². The third-order valence-electron chi connectivity index (χ3n) is 7.58. The Morgan fingerprint density at radius 3 is 2.50 bits per heavy atom. The van der Waals surface area contributed by atoms with Gasteiger partial charge in [0.25, 0.3) is 0 Å². The van der Waals surface area contributed by atoms with E-state index in [1.165, 1.54) is 0 Å². The van der Waals surface area contributed by atoms with Gasteiger partial charge in [-0.05, 0) is 25.3 Å². The molecule has 9 heteroatoms. The molecule has 0 unspecified atom stereocenters. The number of carbonyl (C=O) groups is 2. The van der Waals surface area contributed by atoms with Crippen molar-refractivity contribution < 1.29 is 22.7 Å². The van der Waals surface area contributed by atoms with Gasteiger partial charge < -0.3 is 14.5 Å². The van der Waals surface area contributed by atoms with Crippen LogP contribution in [0.5, 0.6) is 5.75 Å². The standard InChI is InChI=1S/C25H37N3O5S/c1-3-4-12-28-23(29)10-9-21(24(28)20-7-5-6-8-22(20)33-2)25(30)27-15-13-26(14-16-27)19-11-17-34(31,32)18-19/h5-8,19,21,24H,3-4,9-18H2,1-2H3/t19-,21+,24+/m1/s1. The van der Waals surface area contributed by atoms with Gasteiger partial charge in [-0.25, -0.2) is 8.42 Å². The smallest absolute Gasteiger partial charge is 0.228 e. The largest absolute Gasteiger partial charge is 0.496 e. The number of carbonyl (C=O) groups excluding carboxylic acids is 2. The van der Waals surface area contributed by atoms with Gasteiger partial charge in [-0.2, -0.15) is 0 Å². The quantitative estimate of drug-likeness (QED) is 0.581. The fourth-order valence-electron chi connectivity index (χ4n) is 5.70. The van der Waals surface area contributed by atoms with Crippen molar-refractivity contribution in [3.8, 4) is 5.75 Å². The van der Waals surface area contributed by atoms with Crippen LogP contribution >= 0.6 is 0 Å². The molecule has 2 amide bonds. The van der Waals surface area contributed by atoms with Crippen molar-refractivity contribution in [3.63, 3.8) is 0 Å². The molecule has 3 aliphatic heterocycles. The van der Waals surface area contributed by atoms with Crippen LogP contribution in [0.25, 0.3) is 0 Å². The van der Waals surface area contributed by atoms with E-state index in [-0.39, 0.29) is 41.3 Å². The van der Waals surface area contributed by atoms with Crippen molar-refractivity contribution in [1.29, 1.82) is 0 Å². The molecule has 0 spiro atoms. The lowest BCUT2D eigenvalue weighted by atomic mass is 9.82. The van der Waals surface area contributed by atoms with Crippen LogP contribution < -0.4 is 4.74 Å². The Hall–Kier alpha value is -2.13. The summed E-state index contributed by atoms with van der Waals surface area (Å²) in [5, 5.41) is 0. The second-order valence-corrected chi connectivity index (χ2v) is 11.9. The molecular formula is C25H37N3O5S. The summed E-state index contributed by atoms with van der Waals surface area (Å²) in [5.74, 6) is 1.07. The highest BCUT2D eigenvalue weighted by Crippen LogP contribution is 2.41. The molecule has 3 saturated heterocycles. The van der Waals surface area contributed by atoms with Gasteiger partial charge in [0, 0.05) is 50.7 Å². The summed E-state index contributed by atoms with van der Waals surface area (Å²) in [6.45, 7) is 5.30. The average Bonchev–Trinajstić information content (AvgIpc) is 3.22. The summed E-state index contributed by atoms with van der Waals surface area (Å²) in [6.07, 6.45) is 3.46. The first-order chi connectivity index (χ1) is 16.3. The summed E-state index contributed by atoms with van der Waals surface area (Å²) in [7, 11) is -1.30. The van der Waals surface area contributed by atoms with Gasteiger partial charge in [-0.1, -0.05) is 31.5 Å². The first kappa shape index (κ1) is 25.0. The number of nitrogens with zero attached hydrogens (tertiary/aromatic N) is 3. The third-order valence-corrected chi connectivity index (χ3v) is 9.33. The number of benzene rings is 1. The van der Waals surface area contributed by atoms with Gasteiger partial charge in [0.05, 0.1) is 30.6 Å². The van der Waals surface area contributed by atoms with E-state index in [2.05, 4.69) is 11.8 Å². The fourth-order valence-corrected chi connectivity index (χ4v) is 7.47. The maximum Gasteiger partial charge on any atom is 0.228 e. The van der Waals surface area contributed by atoms with Crippen molar-refractivity contribution in [3.05, 3.63) is 29.8 Å². The molecule has 3 heterocycles. The maximum atomic E-state index is 13.8. The van der Waals surface area contributed by atoms with Crippen LogP contribution in [0.1, 0.15) is 50.6 Å². The minimum absolute atomic E-state index is 0.0698. The zero-order valence-electron chi connectivity index (χ0n) is 20.3. The Bertz CT molecular complexity index is 990. The van der Waals surface area contributed by atoms with Crippen molar-refractivity contribution in [2.24, 2.45) is 5.92 Å². The van der Waals surface area contributed by atoms with Crippen molar-refractivity contribution in [1.82, 2.24) is 14.7 Å². The molecule has 3 aliphatic rings. The first-order valence-corrected chi connectivity index (χ1v) is 14.3. The van der Waals surface area contributed by atoms with Crippen LogP contribution in [0.4, 0.5) is 0 Å². The zero-order chi connectivity index (χ0) is 24.3. The number of sulfone groups is 1. The Balaban J connectivity index is 1.52. The third kappa shape index (κ3) is 5.25. The lowest BCUT2D eigenvalue weighted by molar-refractivity contribution is -0.149. The van der Waals surface area contributed by atoms with Crippen LogP contribution in [0, 0.1) is 5.92 Å². The second kappa shape index (κ2) is 10.6. The molecule has 0 aromatic heterocycles. The van der Waals surface area contributed by atoms with Crippen molar-refractivity contribution in [2.75, 3.05) is 51.3 Å². The summed E-state index contributed by atoms with van der Waals surface area (Å²) >= 11 is 0. The summed E-state index contributed by atoms with van der Waals surface area (Å²) < 4.78 is 29.4. The van der Waals surface area contributed by atoms with E-state index in [0.29, 0.717) is 57.7 Å². The van der Waals surface area contributed by atoms with Crippen LogP contribution in [0.3, 0.4) is 0 Å². The van der Waals surface area contributed by atoms with Crippen LogP contribution in [-0.2, 0) is 19.4 Å². The Morgan fingerprint density at radius 2 is 1.85 bits per heavy atom. The van der Waals surface area contributed by atoms with E-state index >= 15 is 0 Å². The van der Waals surface area contributed by atoms with Crippen LogP contribution in [0.2, 0.25) is 0 Å². The monoisotopic (exact) mass is 491 g/mol. The van der Waals surface area contributed by atoms with E-state index in [1.54, 1.807) is 7.11 Å². The number of para-hydroxylation sites is 1. The molecule has 0 bridgehead atoms. The van der Waals surface area contributed by atoms with E-state index < -0.39 is 9.84 Å². The molecule has 188 valence electrons. The predicted octanol–water partition coefficient (Wildman–Crippen LogP) is 2.11. The fraction of sp³-hybridized carbons (Fsp3) is 0.680. The topological polar surface area (TPSA) is 87.2 Å². The Morgan fingerprint density at radius 1 is 1.12 bits per heavy atom. The van der Waals surface area contributed by atoms with E-state index in [1.807, 2.05) is 34.1 Å². The van der Waals surface area contributed by atoms with E-state index in [9.17, 15) is 18.0 Å². The number of piperazine rings is 1. The molecule has 34 heavy (non-hydrogen) atoms. The van der Waals surface area contributed by atoms with E-state index in [4.69, 9.17) is 4.74 Å². The van der Waals surface area contributed by atoms with E-state index in [0.717, 1.165) is 18.4 Å². The Labute approximate surface area is 203 Å². The second-order valence-electron chi connectivity index (χ2n) is 9.69. The highest BCUT2D eigenvalue weighted by Gasteiger charge is 2.44. The summed E-state index contributed by atoms with van der Waals surface area (Å²) in [6, 6.07) is 7.44. The molecule has 0 radical (unpaired) electrons. The van der Waals surface area contributed by atoms with Crippen molar-refractivity contribution >= 4 is 21.7 Å². The molecule has 3 fully saturated rings. The molecule has 0 N–H and O–H groups in total. The number of piperidine rings is 1. The minimum atomic E-state index is -2.93. The number of likely N-dealkylation sites (tertiary alicyclic amines) is 1. The average molecular weight is 492 g/mol. The molecule has 3 atom stereocenters. The number of methoxy groups -OCH3 is 1. The van der Waals surface area contributed by atoms with Gasteiger partial charge in [0.2, 0.25) is 11.8 Å². The lowest BCUT2D eigenvalue weighted by Gasteiger charge is -2.44. The molecule has 1 aromatic rings. The zero-order valence-corrected chi connectivity index (χ0v) is 21.1. The molecular weight excluding hydrogens is 454 g/mol. The SMILES string of the molecule is CCCCN1C(=O)CC[C@H](C(=O)N2CCN([C@@H]3CCS(=O)(=O)C3)CC2)[C@@H]1c1ccccc1OC. The normalized spacial score (nSPS) is 27.7. The number of hydrogen-bond acceptors (Lipinski definition) is 6. The maximum absolute atomic E-state index is 13.8. The summed E-state index contributed by atoms with van der Waals surface area (Å²) in [5.41, 5.74) is 0.891. The van der Waals surface area contributed by atoms with Gasteiger partial charge >= 0.3 is 0 Å². The number of rotatable bonds is 7. The highest BCUT2D eigenvalue weighted by atomic mass is 32.2. The molecule has 8 nitrogen and oxygen atoms in total. The number of ether oxygens (including phenoxy) is 1. The van der Waals surface area contributed by atoms with Gasteiger partial charge in [0.1, 0.15) is 5.75 Å². The lowest BCUT2D eigenvalue weighted by Crippen LogP contribution is -2.55. The van der Waals surface area contributed by atoms with Gasteiger partial charge in [-0.15, -0.1) is 0 Å². The summed E-state index contributed by atoms with van der Waals surface area (Å²) in [4.78, 5) is 32.8. The molecule has 0 aliphatic carbocycles. The molecule has 0 saturated carbocycles. The van der Waals surface area contributed by atoms with Crippen LogP contribution in [0.15, 0.2) is 24.3 Å². The predicted molar refractivity (Wildman–Crippen MR) is 130 cm³/mol. The van der Waals surface area contributed by atoms with Gasteiger partial charge in [0.15, 0.2) is 9.84 Å². The molecule has 4 rings (SSSR count). The number of unbranched alkanes of at least 4 members (excludes halogenated alkanes) is 1. The number of hydrogen-bond donors (Lipinski definition) is 0. The number of amides is 2. The first-order valence-electron chi connectivity index (χ1n) is 12.5. The van der Waals surface area contributed by atoms with Gasteiger partial charge in [-0.3, -0.25) is 14.5 Å². The molecule has 1 aromatic carbocycles. The highest BCUT2D eigenvalue weighted by molar-refractivity contribution is 7.91. The Kier molecular flexibility index (Phi) is 7.82. The van der Waals surface area contributed by atoms with Crippen LogP contribution in [-0.4, -0.2) is 92.3 Å². The minimum Gasteiger partial charge on any atom is -0.496 e.